The van der Waals surface area contributed by atoms with Crippen molar-refractivity contribution in [2.75, 3.05) is 0 Å². The molecule has 2 rings (SSSR count). The second kappa shape index (κ2) is 6.41. The predicted octanol–water partition coefficient (Wildman–Crippen LogP) is 4.80. The zero-order valence-electron chi connectivity index (χ0n) is 10.7. The summed E-state index contributed by atoms with van der Waals surface area (Å²) in [5.74, 6) is -0.191. The van der Waals surface area contributed by atoms with Gasteiger partial charge in [0, 0.05) is 10.0 Å². The van der Waals surface area contributed by atoms with Crippen molar-refractivity contribution in [1.82, 2.24) is 0 Å². The quantitative estimate of drug-likeness (QED) is 0.803. The first-order valence-electron chi connectivity index (χ1n) is 5.88. The van der Waals surface area contributed by atoms with Gasteiger partial charge in [0.1, 0.15) is 12.4 Å². The Bertz CT molecular complexity index is 654. The van der Waals surface area contributed by atoms with Gasteiger partial charge in [0.2, 0.25) is 0 Å². The van der Waals surface area contributed by atoms with E-state index < -0.39 is 5.97 Å². The number of carboxylic acid groups (broad SMARTS) is 1. The second-order valence-electron chi connectivity index (χ2n) is 4.33. The average Bonchev–Trinajstić information content (AvgIpc) is 2.38. The van der Waals surface area contributed by atoms with Crippen molar-refractivity contribution in [2.45, 2.75) is 13.5 Å². The largest absolute Gasteiger partial charge is 0.488 e. The molecule has 20 heavy (non-hydrogen) atoms. The lowest BCUT2D eigenvalue weighted by molar-refractivity contribution is 0.0696. The van der Waals surface area contributed by atoms with E-state index in [1.807, 2.05) is 25.1 Å². The maximum absolute atomic E-state index is 10.9. The highest BCUT2D eigenvalue weighted by Gasteiger charge is 2.08. The van der Waals surface area contributed by atoms with Gasteiger partial charge in [0.15, 0.2) is 0 Å². The van der Waals surface area contributed by atoms with Gasteiger partial charge in [-0.05, 0) is 52.7 Å². The molecule has 0 aliphatic carbocycles. The number of hydrogen-bond donors (Lipinski definition) is 1. The fraction of sp³-hybridized carbons (Fsp3) is 0.133. The summed E-state index contributed by atoms with van der Waals surface area (Å²) in [6.07, 6.45) is 0. The molecule has 0 aliphatic rings. The van der Waals surface area contributed by atoms with Gasteiger partial charge in [-0.25, -0.2) is 4.79 Å². The first-order valence-corrected chi connectivity index (χ1v) is 7.46. The molecule has 0 atom stereocenters. The van der Waals surface area contributed by atoms with Crippen LogP contribution in [0.5, 0.6) is 5.75 Å². The van der Waals surface area contributed by atoms with Crippen LogP contribution in [0, 0.1) is 6.92 Å². The van der Waals surface area contributed by atoms with Crippen LogP contribution >= 0.6 is 31.9 Å². The SMILES string of the molecule is Cc1ccc(OCc2ccc(C(=O)O)cc2Br)c(Br)c1. The van der Waals surface area contributed by atoms with Gasteiger partial charge in [0.05, 0.1) is 10.0 Å². The van der Waals surface area contributed by atoms with Crippen molar-refractivity contribution in [3.8, 4) is 5.75 Å². The Kier molecular flexibility index (Phi) is 4.83. The second-order valence-corrected chi connectivity index (χ2v) is 6.04. The summed E-state index contributed by atoms with van der Waals surface area (Å²) in [5.41, 5.74) is 2.29. The molecule has 0 saturated heterocycles. The molecular formula is C15H12Br2O3. The molecule has 1 N–H and O–H groups in total. The maximum atomic E-state index is 10.9. The van der Waals surface area contributed by atoms with E-state index in [1.165, 1.54) is 0 Å². The molecule has 0 heterocycles. The van der Waals surface area contributed by atoms with Crippen molar-refractivity contribution in [3.05, 3.63) is 62.0 Å². The first kappa shape index (κ1) is 15.1. The Morgan fingerprint density at radius 1 is 1.15 bits per heavy atom. The number of rotatable bonds is 4. The Labute approximate surface area is 133 Å². The van der Waals surface area contributed by atoms with E-state index >= 15 is 0 Å². The zero-order valence-corrected chi connectivity index (χ0v) is 13.9. The van der Waals surface area contributed by atoms with Crippen molar-refractivity contribution >= 4 is 37.8 Å². The number of aryl methyl sites for hydroxylation is 1. The number of benzene rings is 2. The third kappa shape index (κ3) is 3.61. The van der Waals surface area contributed by atoms with Crippen LogP contribution in [-0.2, 0) is 6.61 Å². The topological polar surface area (TPSA) is 46.5 Å². The molecule has 3 nitrogen and oxygen atoms in total. The van der Waals surface area contributed by atoms with Crippen LogP contribution in [0.15, 0.2) is 45.3 Å². The Morgan fingerprint density at radius 2 is 1.90 bits per heavy atom. The summed E-state index contributed by atoms with van der Waals surface area (Å²) in [7, 11) is 0. The van der Waals surface area contributed by atoms with Gasteiger partial charge in [0.25, 0.3) is 0 Å². The molecule has 0 spiro atoms. The molecule has 2 aromatic carbocycles. The standard InChI is InChI=1S/C15H12Br2O3/c1-9-2-5-14(13(17)6-9)20-8-11-4-3-10(15(18)19)7-12(11)16/h2-7H,8H2,1H3,(H,18,19). The molecular weight excluding hydrogens is 388 g/mol. The van der Waals surface area contributed by atoms with E-state index in [0.29, 0.717) is 6.61 Å². The Hall–Kier alpha value is -1.33. The number of hydrogen-bond acceptors (Lipinski definition) is 2. The van der Waals surface area contributed by atoms with E-state index in [1.54, 1.807) is 18.2 Å². The fourth-order valence-corrected chi connectivity index (χ4v) is 2.78. The normalized spacial score (nSPS) is 10.3. The maximum Gasteiger partial charge on any atom is 0.335 e. The van der Waals surface area contributed by atoms with Crippen LogP contribution in [0.4, 0.5) is 0 Å². The lowest BCUT2D eigenvalue weighted by atomic mass is 10.1. The molecule has 0 aromatic heterocycles. The number of carbonyl (C=O) groups is 1. The molecule has 0 saturated carbocycles. The van der Waals surface area contributed by atoms with E-state index in [9.17, 15) is 4.79 Å². The molecule has 0 aliphatic heterocycles. The molecule has 0 amide bonds. The molecule has 0 fully saturated rings. The minimum atomic E-state index is -0.945. The van der Waals surface area contributed by atoms with Crippen LogP contribution < -0.4 is 4.74 Å². The minimum Gasteiger partial charge on any atom is -0.488 e. The number of aromatic carboxylic acids is 1. The fourth-order valence-electron chi connectivity index (χ4n) is 1.68. The van der Waals surface area contributed by atoms with E-state index in [4.69, 9.17) is 9.84 Å². The van der Waals surface area contributed by atoms with E-state index in [2.05, 4.69) is 31.9 Å². The summed E-state index contributed by atoms with van der Waals surface area (Å²) in [5, 5.41) is 8.91. The average molecular weight is 400 g/mol. The molecule has 0 radical (unpaired) electrons. The third-order valence-corrected chi connectivity index (χ3v) is 4.13. The summed E-state index contributed by atoms with van der Waals surface area (Å²) in [6.45, 7) is 2.37. The van der Waals surface area contributed by atoms with Crippen molar-refractivity contribution in [2.24, 2.45) is 0 Å². The molecule has 2 aromatic rings. The van der Waals surface area contributed by atoms with Gasteiger partial charge in [-0.1, -0.05) is 28.1 Å². The zero-order chi connectivity index (χ0) is 14.7. The van der Waals surface area contributed by atoms with Crippen LogP contribution in [0.2, 0.25) is 0 Å². The van der Waals surface area contributed by atoms with Crippen molar-refractivity contribution in [3.63, 3.8) is 0 Å². The summed E-state index contributed by atoms with van der Waals surface area (Å²) < 4.78 is 7.36. The van der Waals surface area contributed by atoms with Crippen LogP contribution in [0.3, 0.4) is 0 Å². The molecule has 104 valence electrons. The van der Waals surface area contributed by atoms with Gasteiger partial charge < -0.3 is 9.84 Å². The highest BCUT2D eigenvalue weighted by Crippen LogP contribution is 2.27. The van der Waals surface area contributed by atoms with Crippen molar-refractivity contribution < 1.29 is 14.6 Å². The Morgan fingerprint density at radius 3 is 2.50 bits per heavy atom. The highest BCUT2D eigenvalue weighted by atomic mass is 79.9. The lowest BCUT2D eigenvalue weighted by Gasteiger charge is -2.10. The summed E-state index contributed by atoms with van der Waals surface area (Å²) >= 11 is 6.82. The summed E-state index contributed by atoms with van der Waals surface area (Å²) in [4.78, 5) is 10.9. The van der Waals surface area contributed by atoms with Gasteiger partial charge in [-0.2, -0.15) is 0 Å². The van der Waals surface area contributed by atoms with Gasteiger partial charge in [-0.3, -0.25) is 0 Å². The third-order valence-electron chi connectivity index (χ3n) is 2.77. The number of carboxylic acids is 1. The van der Waals surface area contributed by atoms with Crippen LogP contribution in [0.25, 0.3) is 0 Å². The van der Waals surface area contributed by atoms with Crippen LogP contribution in [-0.4, -0.2) is 11.1 Å². The monoisotopic (exact) mass is 398 g/mol. The first-order chi connectivity index (χ1) is 9.47. The van der Waals surface area contributed by atoms with Gasteiger partial charge in [-0.15, -0.1) is 0 Å². The predicted molar refractivity (Wildman–Crippen MR) is 84.3 cm³/mol. The molecule has 0 bridgehead atoms. The number of halogens is 2. The highest BCUT2D eigenvalue weighted by molar-refractivity contribution is 9.10. The minimum absolute atomic E-state index is 0.247. The smallest absolute Gasteiger partial charge is 0.335 e. The van der Waals surface area contributed by atoms with E-state index in [-0.39, 0.29) is 5.56 Å². The molecule has 0 unspecified atom stereocenters. The summed E-state index contributed by atoms with van der Waals surface area (Å²) in [6, 6.07) is 10.7. The lowest BCUT2D eigenvalue weighted by Crippen LogP contribution is -2.00. The van der Waals surface area contributed by atoms with Crippen LogP contribution in [0.1, 0.15) is 21.5 Å². The van der Waals surface area contributed by atoms with Gasteiger partial charge >= 0.3 is 5.97 Å². The number of ether oxygens (including phenoxy) is 1. The van der Waals surface area contributed by atoms with E-state index in [0.717, 1.165) is 25.8 Å². The molecule has 5 heteroatoms. The van der Waals surface area contributed by atoms with Crippen molar-refractivity contribution in [1.29, 1.82) is 0 Å². The Balaban J connectivity index is 2.13.